The molecule has 0 amide bonds. The summed E-state index contributed by atoms with van der Waals surface area (Å²) in [5.41, 5.74) is 4.11. The SMILES string of the molecule is Fc1ccccc1-n1cccc1CNCCc1c[nH]c2ccccc12. The van der Waals surface area contributed by atoms with Crippen molar-refractivity contribution in [2.75, 3.05) is 6.54 Å². The highest BCUT2D eigenvalue weighted by Gasteiger charge is 2.07. The number of H-pyrrole nitrogens is 1. The summed E-state index contributed by atoms with van der Waals surface area (Å²) in [4.78, 5) is 3.31. The number of nitrogens with zero attached hydrogens (tertiary/aromatic N) is 1. The first-order chi connectivity index (χ1) is 12.3. The average Bonchev–Trinajstić information content (AvgIpc) is 3.26. The summed E-state index contributed by atoms with van der Waals surface area (Å²) < 4.78 is 15.9. The maximum absolute atomic E-state index is 14.0. The zero-order chi connectivity index (χ0) is 17.1. The quantitative estimate of drug-likeness (QED) is 0.503. The predicted molar refractivity (Wildman–Crippen MR) is 99.4 cm³/mol. The number of halogens is 1. The van der Waals surface area contributed by atoms with Gasteiger partial charge in [-0.25, -0.2) is 4.39 Å². The van der Waals surface area contributed by atoms with Crippen molar-refractivity contribution in [3.63, 3.8) is 0 Å². The second kappa shape index (κ2) is 6.95. The fraction of sp³-hybridized carbons (Fsp3) is 0.143. The Morgan fingerprint density at radius 2 is 1.80 bits per heavy atom. The molecule has 2 aromatic heterocycles. The second-order valence-corrected chi connectivity index (χ2v) is 6.11. The van der Waals surface area contributed by atoms with Crippen LogP contribution in [0.1, 0.15) is 11.3 Å². The molecule has 2 N–H and O–H groups in total. The van der Waals surface area contributed by atoms with Gasteiger partial charge in [-0.15, -0.1) is 0 Å². The molecule has 0 aliphatic rings. The third-order valence-corrected chi connectivity index (χ3v) is 4.50. The molecular formula is C21H20FN3. The summed E-state index contributed by atoms with van der Waals surface area (Å²) in [5.74, 6) is -0.209. The van der Waals surface area contributed by atoms with E-state index in [1.54, 1.807) is 12.1 Å². The maximum atomic E-state index is 14.0. The Morgan fingerprint density at radius 3 is 2.72 bits per heavy atom. The summed E-state index contributed by atoms with van der Waals surface area (Å²) in [6.45, 7) is 1.56. The van der Waals surface area contributed by atoms with Crippen LogP contribution >= 0.6 is 0 Å². The van der Waals surface area contributed by atoms with Gasteiger partial charge in [0.25, 0.3) is 0 Å². The van der Waals surface area contributed by atoms with E-state index in [2.05, 4.69) is 34.7 Å². The van der Waals surface area contributed by atoms with Gasteiger partial charge in [-0.3, -0.25) is 0 Å². The summed E-state index contributed by atoms with van der Waals surface area (Å²) in [6, 6.07) is 19.2. The minimum Gasteiger partial charge on any atom is -0.361 e. The second-order valence-electron chi connectivity index (χ2n) is 6.11. The number of hydrogen-bond donors (Lipinski definition) is 2. The molecule has 2 aromatic carbocycles. The number of rotatable bonds is 6. The van der Waals surface area contributed by atoms with Crippen LogP contribution in [-0.2, 0) is 13.0 Å². The average molecular weight is 333 g/mol. The van der Waals surface area contributed by atoms with E-state index in [9.17, 15) is 4.39 Å². The molecule has 0 radical (unpaired) electrons. The number of aromatic amines is 1. The molecule has 0 fully saturated rings. The molecule has 0 unspecified atom stereocenters. The van der Waals surface area contributed by atoms with Gasteiger partial charge in [-0.1, -0.05) is 30.3 Å². The fourth-order valence-corrected chi connectivity index (χ4v) is 3.22. The van der Waals surface area contributed by atoms with Crippen molar-refractivity contribution in [1.29, 1.82) is 0 Å². The minimum absolute atomic E-state index is 0.209. The predicted octanol–water partition coefficient (Wildman–Crippen LogP) is 4.43. The van der Waals surface area contributed by atoms with Crippen LogP contribution in [0.3, 0.4) is 0 Å². The Morgan fingerprint density at radius 1 is 0.960 bits per heavy atom. The molecule has 4 rings (SSSR count). The monoisotopic (exact) mass is 333 g/mol. The van der Waals surface area contributed by atoms with Crippen LogP contribution in [0, 0.1) is 5.82 Å². The molecular weight excluding hydrogens is 313 g/mol. The molecule has 0 aliphatic carbocycles. The molecule has 0 bridgehead atoms. The highest BCUT2D eigenvalue weighted by molar-refractivity contribution is 5.83. The van der Waals surface area contributed by atoms with E-state index >= 15 is 0 Å². The third kappa shape index (κ3) is 3.21. The zero-order valence-electron chi connectivity index (χ0n) is 13.9. The van der Waals surface area contributed by atoms with E-state index < -0.39 is 0 Å². The first-order valence-corrected chi connectivity index (χ1v) is 8.50. The van der Waals surface area contributed by atoms with Crippen LogP contribution in [0.25, 0.3) is 16.6 Å². The largest absolute Gasteiger partial charge is 0.361 e. The van der Waals surface area contributed by atoms with E-state index in [0.29, 0.717) is 12.2 Å². The molecule has 0 spiro atoms. The number of fused-ring (bicyclic) bond motifs is 1. The first kappa shape index (κ1) is 15.7. The van der Waals surface area contributed by atoms with Gasteiger partial charge in [0, 0.05) is 35.5 Å². The van der Waals surface area contributed by atoms with Gasteiger partial charge in [-0.2, -0.15) is 0 Å². The molecule has 0 saturated carbocycles. The summed E-state index contributed by atoms with van der Waals surface area (Å²) >= 11 is 0. The Labute approximate surface area is 146 Å². The van der Waals surface area contributed by atoms with Crippen molar-refractivity contribution in [3.05, 3.63) is 90.1 Å². The van der Waals surface area contributed by atoms with Crippen molar-refractivity contribution >= 4 is 10.9 Å². The molecule has 0 aliphatic heterocycles. The molecule has 3 nitrogen and oxygen atoms in total. The molecule has 2 heterocycles. The maximum Gasteiger partial charge on any atom is 0.147 e. The number of aromatic nitrogens is 2. The molecule has 4 aromatic rings. The Hall–Kier alpha value is -2.85. The normalized spacial score (nSPS) is 11.2. The Balaban J connectivity index is 1.40. The van der Waals surface area contributed by atoms with E-state index in [4.69, 9.17) is 0 Å². The van der Waals surface area contributed by atoms with Crippen molar-refractivity contribution < 1.29 is 4.39 Å². The number of hydrogen-bond acceptors (Lipinski definition) is 1. The van der Waals surface area contributed by atoms with E-state index in [1.165, 1.54) is 22.5 Å². The lowest BCUT2D eigenvalue weighted by molar-refractivity contribution is 0.610. The zero-order valence-corrected chi connectivity index (χ0v) is 13.9. The van der Waals surface area contributed by atoms with Gasteiger partial charge >= 0.3 is 0 Å². The van der Waals surface area contributed by atoms with Gasteiger partial charge in [0.05, 0.1) is 5.69 Å². The lowest BCUT2D eigenvalue weighted by atomic mass is 10.1. The van der Waals surface area contributed by atoms with E-state index in [0.717, 1.165) is 18.7 Å². The standard InChI is InChI=1S/C21H20FN3/c22-19-8-2-4-10-21(19)25-13-5-6-17(25)15-23-12-11-16-14-24-20-9-3-1-7-18(16)20/h1-10,13-14,23-24H,11-12,15H2. The van der Waals surface area contributed by atoms with Crippen LogP contribution in [0.5, 0.6) is 0 Å². The summed E-state index contributed by atoms with van der Waals surface area (Å²) in [5, 5.41) is 4.74. The molecule has 126 valence electrons. The van der Waals surface area contributed by atoms with Gasteiger partial charge in [0.2, 0.25) is 0 Å². The lowest BCUT2D eigenvalue weighted by Crippen LogP contribution is -2.18. The first-order valence-electron chi connectivity index (χ1n) is 8.50. The number of nitrogens with one attached hydrogen (secondary N) is 2. The smallest absolute Gasteiger partial charge is 0.147 e. The summed E-state index contributed by atoms with van der Waals surface area (Å²) in [7, 11) is 0. The number of benzene rings is 2. The van der Waals surface area contributed by atoms with Crippen LogP contribution < -0.4 is 5.32 Å². The van der Waals surface area contributed by atoms with Gasteiger partial charge in [-0.05, 0) is 48.9 Å². The van der Waals surface area contributed by atoms with E-state index in [-0.39, 0.29) is 5.82 Å². The third-order valence-electron chi connectivity index (χ3n) is 4.50. The van der Waals surface area contributed by atoms with Crippen LogP contribution in [0.15, 0.2) is 73.1 Å². The molecule has 0 atom stereocenters. The van der Waals surface area contributed by atoms with Crippen LogP contribution in [0.2, 0.25) is 0 Å². The molecule has 0 saturated heterocycles. The Bertz CT molecular complexity index is 983. The van der Waals surface area contributed by atoms with Gasteiger partial charge < -0.3 is 14.9 Å². The molecule has 4 heteroatoms. The van der Waals surface area contributed by atoms with Crippen molar-refractivity contribution in [2.24, 2.45) is 0 Å². The van der Waals surface area contributed by atoms with Gasteiger partial charge in [0.15, 0.2) is 0 Å². The summed E-state index contributed by atoms with van der Waals surface area (Å²) in [6.07, 6.45) is 4.92. The fourth-order valence-electron chi connectivity index (χ4n) is 3.22. The van der Waals surface area contributed by atoms with Crippen molar-refractivity contribution in [1.82, 2.24) is 14.9 Å². The van der Waals surface area contributed by atoms with Crippen LogP contribution in [-0.4, -0.2) is 16.1 Å². The van der Waals surface area contributed by atoms with Crippen LogP contribution in [0.4, 0.5) is 4.39 Å². The van der Waals surface area contributed by atoms with Crippen molar-refractivity contribution in [2.45, 2.75) is 13.0 Å². The Kier molecular flexibility index (Phi) is 4.36. The van der Waals surface area contributed by atoms with Gasteiger partial charge in [0.1, 0.15) is 5.82 Å². The number of para-hydroxylation sites is 2. The highest BCUT2D eigenvalue weighted by atomic mass is 19.1. The lowest BCUT2D eigenvalue weighted by Gasteiger charge is -2.11. The highest BCUT2D eigenvalue weighted by Crippen LogP contribution is 2.18. The minimum atomic E-state index is -0.209. The van der Waals surface area contributed by atoms with E-state index in [1.807, 2.05) is 35.0 Å². The topological polar surface area (TPSA) is 32.8 Å². The van der Waals surface area contributed by atoms with Crippen molar-refractivity contribution in [3.8, 4) is 5.69 Å². The molecule has 25 heavy (non-hydrogen) atoms.